The van der Waals surface area contributed by atoms with E-state index in [0.717, 1.165) is 0 Å². The predicted octanol–water partition coefficient (Wildman–Crippen LogP) is 1.19. The normalized spacial score (nSPS) is 12.9. The quantitative estimate of drug-likeness (QED) is 0.463. The first-order valence-corrected chi connectivity index (χ1v) is 8.49. The standard InChI is InChI=1S/C8H18O6S2/c1-3-5-7-13-15(9,10)16(11,12)14-8-6-4-2/h3-8H2,1-2H3. The van der Waals surface area contributed by atoms with Crippen LogP contribution in [0.4, 0.5) is 0 Å². The first kappa shape index (κ1) is 15.8. The Balaban J connectivity index is 4.36. The Kier molecular flexibility index (Phi) is 7.12. The Bertz CT molecular complexity index is 331. The predicted molar refractivity (Wildman–Crippen MR) is 59.6 cm³/mol. The van der Waals surface area contributed by atoms with Gasteiger partial charge in [0.2, 0.25) is 0 Å². The third kappa shape index (κ3) is 5.24. The molecule has 0 rings (SSSR count). The molecule has 0 atom stereocenters. The van der Waals surface area contributed by atoms with Gasteiger partial charge in [0.25, 0.3) is 0 Å². The summed E-state index contributed by atoms with van der Waals surface area (Å²) in [7, 11) is -9.33. The summed E-state index contributed by atoms with van der Waals surface area (Å²) in [5.74, 6) is 0. The number of unbranched alkanes of at least 4 members (excludes halogenated alkanes) is 2. The molecular formula is C8H18O6S2. The fourth-order valence-corrected chi connectivity index (χ4v) is 2.72. The maximum atomic E-state index is 11.2. The topological polar surface area (TPSA) is 86.7 Å². The number of hydrogen-bond acceptors (Lipinski definition) is 6. The Morgan fingerprint density at radius 1 is 0.750 bits per heavy atom. The summed E-state index contributed by atoms with van der Waals surface area (Å²) in [6, 6.07) is 0. The van der Waals surface area contributed by atoms with Crippen LogP contribution >= 0.6 is 0 Å². The second-order valence-corrected chi connectivity index (χ2v) is 7.72. The van der Waals surface area contributed by atoms with Crippen molar-refractivity contribution >= 4 is 18.3 Å². The van der Waals surface area contributed by atoms with E-state index in [1.165, 1.54) is 0 Å². The summed E-state index contributed by atoms with van der Waals surface area (Å²) >= 11 is 0. The van der Waals surface area contributed by atoms with E-state index in [9.17, 15) is 16.8 Å². The molecule has 0 heterocycles. The molecule has 0 radical (unpaired) electrons. The molecule has 0 N–H and O–H groups in total. The van der Waals surface area contributed by atoms with Gasteiger partial charge in [0.15, 0.2) is 0 Å². The number of rotatable bonds is 9. The Morgan fingerprint density at radius 2 is 1.06 bits per heavy atom. The molecule has 0 aliphatic carbocycles. The second-order valence-electron chi connectivity index (χ2n) is 3.17. The first-order chi connectivity index (χ1) is 7.37. The van der Waals surface area contributed by atoms with Crippen molar-refractivity contribution in [3.8, 4) is 0 Å². The zero-order valence-corrected chi connectivity index (χ0v) is 11.1. The molecule has 0 aliphatic heterocycles. The summed E-state index contributed by atoms with van der Waals surface area (Å²) in [4.78, 5) is 0. The lowest BCUT2D eigenvalue weighted by atomic mass is 10.4. The van der Waals surface area contributed by atoms with Crippen LogP contribution in [-0.4, -0.2) is 30.0 Å². The molecule has 0 saturated heterocycles. The van der Waals surface area contributed by atoms with Gasteiger partial charge >= 0.3 is 18.3 Å². The van der Waals surface area contributed by atoms with Crippen molar-refractivity contribution < 1.29 is 25.2 Å². The highest BCUT2D eigenvalue weighted by Gasteiger charge is 2.31. The van der Waals surface area contributed by atoms with Crippen LogP contribution in [0.25, 0.3) is 0 Å². The highest BCUT2D eigenvalue weighted by atomic mass is 33.2. The van der Waals surface area contributed by atoms with Crippen molar-refractivity contribution in [3.63, 3.8) is 0 Å². The Labute approximate surface area is 96.6 Å². The SMILES string of the molecule is CCCCOS(=O)(=O)S(=O)(=O)OCCCC. The molecule has 16 heavy (non-hydrogen) atoms. The summed E-state index contributed by atoms with van der Waals surface area (Å²) in [6.07, 6.45) is 2.38. The third-order valence-corrected chi connectivity index (χ3v) is 5.19. The van der Waals surface area contributed by atoms with E-state index in [2.05, 4.69) is 8.37 Å². The number of hydrogen-bond donors (Lipinski definition) is 0. The van der Waals surface area contributed by atoms with Gasteiger partial charge in [-0.2, -0.15) is 16.8 Å². The lowest BCUT2D eigenvalue weighted by Gasteiger charge is -2.06. The molecule has 0 aliphatic rings. The Morgan fingerprint density at radius 3 is 1.31 bits per heavy atom. The molecule has 0 bridgehead atoms. The van der Waals surface area contributed by atoms with E-state index in [1.54, 1.807) is 0 Å². The van der Waals surface area contributed by atoms with E-state index in [0.29, 0.717) is 25.7 Å². The van der Waals surface area contributed by atoms with Crippen LogP contribution in [0, 0.1) is 0 Å². The average Bonchev–Trinajstić information content (AvgIpc) is 2.18. The second kappa shape index (κ2) is 7.21. The van der Waals surface area contributed by atoms with Crippen LogP contribution in [0.3, 0.4) is 0 Å². The van der Waals surface area contributed by atoms with Crippen molar-refractivity contribution in [3.05, 3.63) is 0 Å². The molecule has 0 aromatic heterocycles. The van der Waals surface area contributed by atoms with Gasteiger partial charge < -0.3 is 0 Å². The van der Waals surface area contributed by atoms with Gasteiger partial charge in [-0.25, -0.2) is 0 Å². The van der Waals surface area contributed by atoms with Gasteiger partial charge in [-0.15, -0.1) is 0 Å². The largest absolute Gasteiger partial charge is 0.400 e. The zero-order valence-electron chi connectivity index (χ0n) is 9.51. The molecule has 0 fully saturated rings. The van der Waals surface area contributed by atoms with E-state index >= 15 is 0 Å². The summed E-state index contributed by atoms with van der Waals surface area (Å²) in [6.45, 7) is 3.38. The molecule has 0 unspecified atom stereocenters. The average molecular weight is 274 g/mol. The minimum Gasteiger partial charge on any atom is -0.257 e. The van der Waals surface area contributed by atoms with E-state index in [1.807, 2.05) is 13.8 Å². The van der Waals surface area contributed by atoms with Crippen molar-refractivity contribution in [1.82, 2.24) is 0 Å². The van der Waals surface area contributed by atoms with Crippen molar-refractivity contribution in [1.29, 1.82) is 0 Å². The van der Waals surface area contributed by atoms with Crippen molar-refractivity contribution in [2.45, 2.75) is 39.5 Å². The van der Waals surface area contributed by atoms with Gasteiger partial charge in [-0.05, 0) is 12.8 Å². The molecule has 0 aromatic carbocycles. The maximum Gasteiger partial charge on any atom is 0.400 e. The van der Waals surface area contributed by atoms with Crippen molar-refractivity contribution in [2.24, 2.45) is 0 Å². The third-order valence-electron chi connectivity index (χ3n) is 1.70. The summed E-state index contributed by atoms with van der Waals surface area (Å²) in [5.41, 5.74) is 0. The minimum atomic E-state index is -4.66. The van der Waals surface area contributed by atoms with E-state index in [-0.39, 0.29) is 13.2 Å². The van der Waals surface area contributed by atoms with Gasteiger partial charge in [0.1, 0.15) is 0 Å². The van der Waals surface area contributed by atoms with Gasteiger partial charge in [-0.1, -0.05) is 26.7 Å². The van der Waals surface area contributed by atoms with E-state index in [4.69, 9.17) is 0 Å². The van der Waals surface area contributed by atoms with Gasteiger partial charge in [-0.3, -0.25) is 8.37 Å². The molecule has 8 heteroatoms. The maximum absolute atomic E-state index is 11.2. The smallest absolute Gasteiger partial charge is 0.257 e. The molecule has 0 spiro atoms. The van der Waals surface area contributed by atoms with Crippen LogP contribution < -0.4 is 0 Å². The van der Waals surface area contributed by atoms with Crippen LogP contribution in [-0.2, 0) is 26.7 Å². The zero-order chi connectivity index (χ0) is 12.7. The minimum absolute atomic E-state index is 0.144. The molecule has 6 nitrogen and oxygen atoms in total. The first-order valence-electron chi connectivity index (χ1n) is 5.16. The monoisotopic (exact) mass is 274 g/mol. The van der Waals surface area contributed by atoms with Crippen LogP contribution in [0.15, 0.2) is 0 Å². The van der Waals surface area contributed by atoms with Crippen LogP contribution in [0.5, 0.6) is 0 Å². The van der Waals surface area contributed by atoms with E-state index < -0.39 is 18.3 Å². The van der Waals surface area contributed by atoms with Crippen LogP contribution in [0.2, 0.25) is 0 Å². The fraction of sp³-hybridized carbons (Fsp3) is 1.00. The van der Waals surface area contributed by atoms with Gasteiger partial charge in [0.05, 0.1) is 13.2 Å². The van der Waals surface area contributed by atoms with Gasteiger partial charge in [0, 0.05) is 0 Å². The molecule has 98 valence electrons. The lowest BCUT2D eigenvalue weighted by molar-refractivity contribution is 0.295. The molecular weight excluding hydrogens is 256 g/mol. The Hall–Kier alpha value is -0.180. The van der Waals surface area contributed by atoms with Crippen LogP contribution in [0.1, 0.15) is 39.5 Å². The molecule has 0 saturated carbocycles. The molecule has 0 aromatic rings. The van der Waals surface area contributed by atoms with Crippen molar-refractivity contribution in [2.75, 3.05) is 13.2 Å². The highest BCUT2D eigenvalue weighted by molar-refractivity contribution is 8.63. The summed E-state index contributed by atoms with van der Waals surface area (Å²) < 4.78 is 53.4. The fourth-order valence-electron chi connectivity index (χ4n) is 0.729. The lowest BCUT2D eigenvalue weighted by Crippen LogP contribution is -2.21. The highest BCUT2D eigenvalue weighted by Crippen LogP contribution is 2.09. The molecule has 0 amide bonds. The summed E-state index contributed by atoms with van der Waals surface area (Å²) in [5, 5.41) is 0.